The predicted molar refractivity (Wildman–Crippen MR) is 115 cm³/mol. The topological polar surface area (TPSA) is 93.7 Å². The normalized spacial score (nSPS) is 11.2. The zero-order chi connectivity index (χ0) is 21.6. The zero-order valence-electron chi connectivity index (χ0n) is 16.6. The first-order valence-corrected chi connectivity index (χ1v) is 10.4. The second-order valence-electron chi connectivity index (χ2n) is 6.09. The number of rotatable bonds is 12. The fourth-order valence-electron chi connectivity index (χ4n) is 2.39. The third-order valence-electron chi connectivity index (χ3n) is 3.86. The van der Waals surface area contributed by atoms with Gasteiger partial charge in [-0.2, -0.15) is 5.48 Å². The summed E-state index contributed by atoms with van der Waals surface area (Å²) in [4.78, 5) is 41.3. The van der Waals surface area contributed by atoms with E-state index >= 15 is 0 Å². The summed E-state index contributed by atoms with van der Waals surface area (Å²) >= 11 is 1.18. The number of hydrogen-bond acceptors (Lipinski definition) is 7. The van der Waals surface area contributed by atoms with Crippen LogP contribution >= 0.6 is 11.8 Å². The Morgan fingerprint density at radius 1 is 1.03 bits per heavy atom. The number of carbonyl (C=O) groups excluding carboxylic acids is 3. The Hall–Kier alpha value is -2.90. The Bertz CT molecular complexity index is 854. The average molecular weight is 429 g/mol. The van der Waals surface area contributed by atoms with Crippen molar-refractivity contribution in [3.63, 3.8) is 0 Å². The summed E-state index contributed by atoms with van der Waals surface area (Å²) < 4.78 is 4.81. The lowest BCUT2D eigenvalue weighted by Gasteiger charge is -2.18. The van der Waals surface area contributed by atoms with Gasteiger partial charge in [-0.25, -0.2) is 4.79 Å². The molecular weight excluding hydrogens is 404 g/mol. The molecule has 8 heteroatoms. The molecule has 1 atom stereocenters. The van der Waals surface area contributed by atoms with Crippen molar-refractivity contribution in [3.05, 3.63) is 76.7 Å². The van der Waals surface area contributed by atoms with Crippen molar-refractivity contribution in [2.24, 2.45) is 0 Å². The van der Waals surface area contributed by atoms with E-state index in [4.69, 9.17) is 9.57 Å². The summed E-state index contributed by atoms with van der Waals surface area (Å²) in [5.74, 6) is 1.15. The highest BCUT2D eigenvalue weighted by Gasteiger charge is 2.25. The van der Waals surface area contributed by atoms with E-state index in [0.29, 0.717) is 5.75 Å². The number of ether oxygens (including phenoxy) is 1. The van der Waals surface area contributed by atoms with Crippen molar-refractivity contribution in [2.45, 2.75) is 25.3 Å². The lowest BCUT2D eigenvalue weighted by Crippen LogP contribution is -2.46. The molecule has 0 radical (unpaired) electrons. The Balaban J connectivity index is 2.02. The molecule has 0 spiro atoms. The average Bonchev–Trinajstić information content (AvgIpc) is 2.78. The van der Waals surface area contributed by atoms with Crippen molar-refractivity contribution in [2.75, 3.05) is 13.2 Å². The molecule has 0 fully saturated rings. The van der Waals surface area contributed by atoms with Crippen molar-refractivity contribution >= 4 is 29.6 Å². The standard InChI is InChI=1S/C22H24N2O5S/c1-2-28-20(26)13-23-22(27)21(24-29-15-17-9-5-3-6-10-17)19(14-25)30-16-18-11-7-4-8-12-18/h3-12,21,24H,2,13,15-16H2,1H3,(H,23,27). The van der Waals surface area contributed by atoms with Crippen LogP contribution in [0.4, 0.5) is 0 Å². The van der Waals surface area contributed by atoms with E-state index in [9.17, 15) is 14.4 Å². The van der Waals surface area contributed by atoms with Crippen LogP contribution in [0.3, 0.4) is 0 Å². The van der Waals surface area contributed by atoms with E-state index in [2.05, 4.69) is 10.8 Å². The first kappa shape index (κ1) is 23.4. The SMILES string of the molecule is CCOC(=O)CNC(=O)C(NOCc1ccccc1)C(=C=O)SCc1ccccc1. The third kappa shape index (κ3) is 8.23. The highest BCUT2D eigenvalue weighted by molar-refractivity contribution is 8.02. The van der Waals surface area contributed by atoms with E-state index in [-0.39, 0.29) is 24.7 Å². The summed E-state index contributed by atoms with van der Waals surface area (Å²) in [6.07, 6.45) is 0. The molecule has 2 aromatic rings. The second-order valence-corrected chi connectivity index (χ2v) is 7.11. The Labute approximate surface area is 179 Å². The maximum absolute atomic E-state index is 12.6. The van der Waals surface area contributed by atoms with Crippen LogP contribution in [0.25, 0.3) is 0 Å². The number of carbonyl (C=O) groups is 2. The van der Waals surface area contributed by atoms with Crippen molar-refractivity contribution in [1.82, 2.24) is 10.8 Å². The summed E-state index contributed by atoms with van der Waals surface area (Å²) in [6.45, 7) is 1.77. The maximum atomic E-state index is 12.6. The quantitative estimate of drug-likeness (QED) is 0.305. The molecule has 30 heavy (non-hydrogen) atoms. The maximum Gasteiger partial charge on any atom is 0.325 e. The van der Waals surface area contributed by atoms with Crippen LogP contribution < -0.4 is 10.8 Å². The summed E-state index contributed by atoms with van der Waals surface area (Å²) in [5, 5.41) is 2.46. The van der Waals surface area contributed by atoms with E-state index in [1.807, 2.05) is 66.6 Å². The van der Waals surface area contributed by atoms with E-state index in [1.54, 1.807) is 6.92 Å². The lowest BCUT2D eigenvalue weighted by molar-refractivity contribution is -0.143. The Kier molecular flexibility index (Phi) is 10.4. The second kappa shape index (κ2) is 13.3. The van der Waals surface area contributed by atoms with Crippen LogP contribution in [0.5, 0.6) is 0 Å². The summed E-state index contributed by atoms with van der Waals surface area (Å²) in [6, 6.07) is 17.8. The van der Waals surface area contributed by atoms with Gasteiger partial charge in [-0.1, -0.05) is 60.7 Å². The molecule has 158 valence electrons. The predicted octanol–water partition coefficient (Wildman–Crippen LogP) is 2.40. The highest BCUT2D eigenvalue weighted by Crippen LogP contribution is 2.22. The molecule has 7 nitrogen and oxygen atoms in total. The first-order chi connectivity index (χ1) is 14.6. The molecule has 0 saturated heterocycles. The van der Waals surface area contributed by atoms with Crippen molar-refractivity contribution in [3.8, 4) is 0 Å². The van der Waals surface area contributed by atoms with E-state index in [1.165, 1.54) is 11.8 Å². The van der Waals surface area contributed by atoms with Gasteiger partial charge in [0.2, 0.25) is 5.91 Å². The molecule has 2 aromatic carbocycles. The van der Waals surface area contributed by atoms with Gasteiger partial charge in [0, 0.05) is 5.75 Å². The Morgan fingerprint density at radius 3 is 2.27 bits per heavy atom. The molecule has 2 N–H and O–H groups in total. The first-order valence-electron chi connectivity index (χ1n) is 9.40. The summed E-state index contributed by atoms with van der Waals surface area (Å²) in [5.41, 5.74) is 4.51. The highest BCUT2D eigenvalue weighted by atomic mass is 32.2. The number of hydrogen-bond donors (Lipinski definition) is 2. The number of nitrogens with one attached hydrogen (secondary N) is 2. The summed E-state index contributed by atoms with van der Waals surface area (Å²) in [7, 11) is 0. The number of thioether (sulfide) groups is 1. The van der Waals surface area contributed by atoms with Crippen LogP contribution in [-0.2, 0) is 36.3 Å². The number of hydroxylamine groups is 1. The van der Waals surface area contributed by atoms with Gasteiger partial charge in [0.15, 0.2) is 6.04 Å². The minimum absolute atomic E-state index is 0.119. The van der Waals surface area contributed by atoms with Gasteiger partial charge in [0.1, 0.15) is 12.5 Å². The van der Waals surface area contributed by atoms with Gasteiger partial charge in [0.25, 0.3) is 0 Å². The molecule has 0 aliphatic rings. The van der Waals surface area contributed by atoms with Crippen LogP contribution in [0.1, 0.15) is 18.1 Å². The van der Waals surface area contributed by atoms with Gasteiger partial charge >= 0.3 is 5.97 Å². The van der Waals surface area contributed by atoms with E-state index in [0.717, 1.165) is 11.1 Å². The van der Waals surface area contributed by atoms with E-state index < -0.39 is 17.9 Å². The smallest absolute Gasteiger partial charge is 0.325 e. The lowest BCUT2D eigenvalue weighted by atomic mass is 10.2. The molecule has 0 heterocycles. The molecule has 0 aliphatic heterocycles. The van der Waals surface area contributed by atoms with Crippen molar-refractivity contribution in [1.29, 1.82) is 0 Å². The zero-order valence-corrected chi connectivity index (χ0v) is 17.4. The minimum atomic E-state index is -1.12. The largest absolute Gasteiger partial charge is 0.465 e. The molecule has 0 saturated carbocycles. The molecule has 0 bridgehead atoms. The van der Waals surface area contributed by atoms with Gasteiger partial charge in [-0.3, -0.25) is 14.4 Å². The molecule has 0 aliphatic carbocycles. The van der Waals surface area contributed by atoms with Crippen LogP contribution in [-0.4, -0.2) is 37.0 Å². The number of amides is 1. The van der Waals surface area contributed by atoms with Crippen LogP contribution in [0, 0.1) is 0 Å². The van der Waals surface area contributed by atoms with Gasteiger partial charge in [-0.15, -0.1) is 11.8 Å². The third-order valence-corrected chi connectivity index (χ3v) is 4.96. The fourth-order valence-corrected chi connectivity index (χ4v) is 3.28. The van der Waals surface area contributed by atoms with Gasteiger partial charge < -0.3 is 10.1 Å². The molecule has 0 aromatic heterocycles. The molecule has 1 amide bonds. The fraction of sp³-hybridized carbons (Fsp3) is 0.273. The van der Waals surface area contributed by atoms with Crippen LogP contribution in [0.15, 0.2) is 65.6 Å². The molecular formula is C22H24N2O5S. The van der Waals surface area contributed by atoms with Crippen molar-refractivity contribution < 1.29 is 24.0 Å². The Morgan fingerprint density at radius 2 is 1.67 bits per heavy atom. The molecule has 1 unspecified atom stereocenters. The number of benzene rings is 2. The van der Waals surface area contributed by atoms with Gasteiger partial charge in [0.05, 0.1) is 18.1 Å². The number of esters is 1. The molecule has 2 rings (SSSR count). The minimum Gasteiger partial charge on any atom is -0.465 e. The van der Waals surface area contributed by atoms with Crippen LogP contribution in [0.2, 0.25) is 0 Å². The van der Waals surface area contributed by atoms with Gasteiger partial charge in [-0.05, 0) is 18.1 Å². The monoisotopic (exact) mass is 428 g/mol.